The number of nitriles is 1. The molecule has 0 aromatic heterocycles. The van der Waals surface area contributed by atoms with E-state index in [0.717, 1.165) is 0 Å². The zero-order valence-electron chi connectivity index (χ0n) is 16.1. The molecule has 1 N–H and O–H groups in total. The Bertz CT molecular complexity index is 1150. The highest BCUT2D eigenvalue weighted by molar-refractivity contribution is 6.31. The molecule has 0 bridgehead atoms. The van der Waals surface area contributed by atoms with Crippen LogP contribution in [0.25, 0.3) is 6.08 Å². The minimum absolute atomic E-state index is 0.103. The summed E-state index contributed by atoms with van der Waals surface area (Å²) in [4.78, 5) is 25.6. The number of nitrogens with one attached hydrogen (secondary N) is 1. The Morgan fingerprint density at radius 3 is 2.37 bits per heavy atom. The molecule has 0 unspecified atom stereocenters. The molecule has 30 heavy (non-hydrogen) atoms. The summed E-state index contributed by atoms with van der Waals surface area (Å²) in [5, 5.41) is 12.5. The van der Waals surface area contributed by atoms with Crippen molar-refractivity contribution in [2.75, 3.05) is 12.4 Å². The highest BCUT2D eigenvalue weighted by atomic mass is 35.5. The lowest BCUT2D eigenvalue weighted by Gasteiger charge is -2.11. The van der Waals surface area contributed by atoms with Gasteiger partial charge in [0.1, 0.15) is 17.4 Å². The lowest BCUT2D eigenvalue weighted by atomic mass is 10.0. The fourth-order valence-corrected chi connectivity index (χ4v) is 2.94. The molecule has 0 aliphatic carbocycles. The Hall–Kier alpha value is -3.88. The van der Waals surface area contributed by atoms with Crippen molar-refractivity contribution in [1.82, 2.24) is 0 Å². The molecule has 5 nitrogen and oxygen atoms in total. The van der Waals surface area contributed by atoms with Crippen molar-refractivity contribution in [3.05, 3.63) is 100 Å². The predicted octanol–water partition coefficient (Wildman–Crippen LogP) is 5.13. The van der Waals surface area contributed by atoms with Gasteiger partial charge in [-0.25, -0.2) is 0 Å². The number of carbonyl (C=O) groups excluding carboxylic acids is 2. The van der Waals surface area contributed by atoms with E-state index in [1.165, 1.54) is 12.1 Å². The number of methoxy groups -OCH3 is 1. The smallest absolute Gasteiger partial charge is 0.266 e. The third-order valence-electron chi connectivity index (χ3n) is 4.30. The number of rotatable bonds is 6. The van der Waals surface area contributed by atoms with E-state index in [1.54, 1.807) is 73.8 Å². The SMILES string of the molecule is COc1ccc(/C=C(/C#N)C(=O)Nc2ccc(Cl)cc2C(=O)c2ccccc2)cc1. The minimum Gasteiger partial charge on any atom is -0.497 e. The standard InChI is InChI=1S/C24H17ClN2O3/c1-30-20-10-7-16(8-11-20)13-18(15-26)24(29)27-22-12-9-19(25)14-21(22)23(28)17-5-3-2-4-6-17/h2-14H,1H3,(H,27,29)/b18-13-. The largest absolute Gasteiger partial charge is 0.497 e. The number of hydrogen-bond donors (Lipinski definition) is 1. The lowest BCUT2D eigenvalue weighted by Crippen LogP contribution is -2.16. The lowest BCUT2D eigenvalue weighted by molar-refractivity contribution is -0.112. The number of ketones is 1. The Morgan fingerprint density at radius 2 is 1.73 bits per heavy atom. The van der Waals surface area contributed by atoms with Gasteiger partial charge < -0.3 is 10.1 Å². The summed E-state index contributed by atoms with van der Waals surface area (Å²) in [5.74, 6) is -0.246. The van der Waals surface area contributed by atoms with Crippen LogP contribution >= 0.6 is 11.6 Å². The maximum absolute atomic E-state index is 12.9. The zero-order chi connectivity index (χ0) is 21.5. The molecular weight excluding hydrogens is 400 g/mol. The number of halogens is 1. The van der Waals surface area contributed by atoms with E-state index < -0.39 is 5.91 Å². The van der Waals surface area contributed by atoms with Crippen LogP contribution in [0.1, 0.15) is 21.5 Å². The fourth-order valence-electron chi connectivity index (χ4n) is 2.76. The van der Waals surface area contributed by atoms with Crippen LogP contribution in [0.2, 0.25) is 5.02 Å². The van der Waals surface area contributed by atoms with Crippen LogP contribution in [-0.2, 0) is 4.79 Å². The first-order valence-corrected chi connectivity index (χ1v) is 9.36. The van der Waals surface area contributed by atoms with Gasteiger partial charge in [0, 0.05) is 16.1 Å². The summed E-state index contributed by atoms with van der Waals surface area (Å²) in [6.07, 6.45) is 1.46. The van der Waals surface area contributed by atoms with E-state index in [1.807, 2.05) is 6.07 Å². The molecule has 0 radical (unpaired) electrons. The van der Waals surface area contributed by atoms with Crippen molar-refractivity contribution in [3.63, 3.8) is 0 Å². The summed E-state index contributed by atoms with van der Waals surface area (Å²) >= 11 is 6.07. The van der Waals surface area contributed by atoms with E-state index >= 15 is 0 Å². The summed E-state index contributed by atoms with van der Waals surface area (Å²) in [5.41, 5.74) is 1.54. The van der Waals surface area contributed by atoms with Crippen LogP contribution in [0.3, 0.4) is 0 Å². The van der Waals surface area contributed by atoms with Crippen LogP contribution in [0.4, 0.5) is 5.69 Å². The summed E-state index contributed by atoms with van der Waals surface area (Å²) in [7, 11) is 1.55. The minimum atomic E-state index is -0.627. The van der Waals surface area contributed by atoms with E-state index in [4.69, 9.17) is 16.3 Å². The molecular formula is C24H17ClN2O3. The third-order valence-corrected chi connectivity index (χ3v) is 4.54. The third kappa shape index (κ3) is 4.93. The second kappa shape index (κ2) is 9.55. The summed E-state index contributed by atoms with van der Waals surface area (Å²) < 4.78 is 5.10. The van der Waals surface area contributed by atoms with E-state index in [0.29, 0.717) is 21.9 Å². The van der Waals surface area contributed by atoms with Gasteiger partial charge in [0.05, 0.1) is 12.8 Å². The van der Waals surface area contributed by atoms with E-state index in [2.05, 4.69) is 5.32 Å². The number of benzene rings is 3. The van der Waals surface area contributed by atoms with Crippen LogP contribution in [0, 0.1) is 11.3 Å². The van der Waals surface area contributed by atoms with Gasteiger partial charge in [-0.2, -0.15) is 5.26 Å². The first kappa shape index (κ1) is 20.8. The normalized spacial score (nSPS) is 10.8. The highest BCUT2D eigenvalue weighted by Crippen LogP contribution is 2.24. The molecule has 0 aliphatic heterocycles. The molecule has 3 rings (SSSR count). The molecule has 0 saturated carbocycles. The van der Waals surface area contributed by atoms with Crippen LogP contribution in [0.5, 0.6) is 5.75 Å². The molecule has 0 aliphatic rings. The van der Waals surface area contributed by atoms with Crippen molar-refractivity contribution >= 4 is 35.1 Å². The van der Waals surface area contributed by atoms with E-state index in [-0.39, 0.29) is 22.6 Å². The molecule has 0 heterocycles. The molecule has 1 amide bonds. The number of anilines is 1. The maximum atomic E-state index is 12.9. The molecule has 0 saturated heterocycles. The van der Waals surface area contributed by atoms with Gasteiger partial charge in [0.25, 0.3) is 5.91 Å². The molecule has 0 spiro atoms. The van der Waals surface area contributed by atoms with Crippen LogP contribution in [-0.4, -0.2) is 18.8 Å². The van der Waals surface area contributed by atoms with Crippen molar-refractivity contribution < 1.29 is 14.3 Å². The number of carbonyl (C=O) groups is 2. The van der Waals surface area contributed by atoms with Crippen LogP contribution < -0.4 is 10.1 Å². The number of ether oxygens (including phenoxy) is 1. The molecule has 148 valence electrons. The Labute approximate surface area is 179 Å². The van der Waals surface area contributed by atoms with Crippen LogP contribution in [0.15, 0.2) is 78.4 Å². The first-order chi connectivity index (χ1) is 14.5. The average molecular weight is 417 g/mol. The fraction of sp³-hybridized carbons (Fsp3) is 0.0417. The quantitative estimate of drug-likeness (QED) is 0.343. The van der Waals surface area contributed by atoms with Gasteiger partial charge in [-0.3, -0.25) is 9.59 Å². The number of nitrogens with zero attached hydrogens (tertiary/aromatic N) is 1. The topological polar surface area (TPSA) is 79.2 Å². The van der Waals surface area contributed by atoms with Gasteiger partial charge >= 0.3 is 0 Å². The average Bonchev–Trinajstić information content (AvgIpc) is 2.79. The summed E-state index contributed by atoms with van der Waals surface area (Å²) in [6, 6.07) is 22.1. The molecule has 3 aromatic rings. The van der Waals surface area contributed by atoms with Gasteiger partial charge in [0.2, 0.25) is 0 Å². The van der Waals surface area contributed by atoms with E-state index in [9.17, 15) is 14.9 Å². The summed E-state index contributed by atoms with van der Waals surface area (Å²) in [6.45, 7) is 0. The highest BCUT2D eigenvalue weighted by Gasteiger charge is 2.17. The van der Waals surface area contributed by atoms with Crippen molar-refractivity contribution in [2.24, 2.45) is 0 Å². The monoisotopic (exact) mass is 416 g/mol. The van der Waals surface area contributed by atoms with Crippen molar-refractivity contribution in [3.8, 4) is 11.8 Å². The molecule has 0 fully saturated rings. The Balaban J connectivity index is 1.89. The molecule has 3 aromatic carbocycles. The van der Waals surface area contributed by atoms with Crippen molar-refractivity contribution in [1.29, 1.82) is 5.26 Å². The Morgan fingerprint density at radius 1 is 1.03 bits per heavy atom. The molecule has 6 heteroatoms. The number of hydrogen-bond acceptors (Lipinski definition) is 4. The maximum Gasteiger partial charge on any atom is 0.266 e. The van der Waals surface area contributed by atoms with Gasteiger partial charge in [-0.1, -0.05) is 54.1 Å². The Kier molecular flexibility index (Phi) is 6.63. The number of amides is 1. The van der Waals surface area contributed by atoms with Gasteiger partial charge in [-0.15, -0.1) is 0 Å². The second-order valence-electron chi connectivity index (χ2n) is 6.28. The molecule has 0 atom stereocenters. The second-order valence-corrected chi connectivity index (χ2v) is 6.72. The zero-order valence-corrected chi connectivity index (χ0v) is 16.8. The van der Waals surface area contributed by atoms with Gasteiger partial charge in [0.15, 0.2) is 5.78 Å². The van der Waals surface area contributed by atoms with Gasteiger partial charge in [-0.05, 0) is 42.0 Å². The van der Waals surface area contributed by atoms with Crippen molar-refractivity contribution in [2.45, 2.75) is 0 Å². The predicted molar refractivity (Wildman–Crippen MR) is 117 cm³/mol. The first-order valence-electron chi connectivity index (χ1n) is 8.98.